The SMILES string of the molecule is C=C(C)C(=O)C1CCCC1=O. The van der Waals surface area contributed by atoms with Crippen LogP contribution in [0.1, 0.15) is 26.2 Å². The van der Waals surface area contributed by atoms with Crippen LogP contribution in [0.5, 0.6) is 0 Å². The van der Waals surface area contributed by atoms with E-state index in [1.54, 1.807) is 6.92 Å². The molecule has 1 saturated carbocycles. The summed E-state index contributed by atoms with van der Waals surface area (Å²) >= 11 is 0. The zero-order valence-corrected chi connectivity index (χ0v) is 6.72. The van der Waals surface area contributed by atoms with Gasteiger partial charge in [0, 0.05) is 6.42 Å². The molecule has 1 atom stereocenters. The van der Waals surface area contributed by atoms with Gasteiger partial charge in [-0.15, -0.1) is 0 Å². The number of hydrogen-bond acceptors (Lipinski definition) is 2. The van der Waals surface area contributed by atoms with E-state index < -0.39 is 0 Å². The second-order valence-electron chi connectivity index (χ2n) is 3.06. The Hall–Kier alpha value is -0.920. The molecule has 0 saturated heterocycles. The van der Waals surface area contributed by atoms with E-state index in [1.807, 2.05) is 0 Å². The highest BCUT2D eigenvalue weighted by Crippen LogP contribution is 2.23. The summed E-state index contributed by atoms with van der Waals surface area (Å²) in [4.78, 5) is 22.3. The summed E-state index contributed by atoms with van der Waals surface area (Å²) in [6.45, 7) is 5.19. The lowest BCUT2D eigenvalue weighted by Crippen LogP contribution is -2.18. The topological polar surface area (TPSA) is 34.1 Å². The highest BCUT2D eigenvalue weighted by molar-refractivity contribution is 6.10. The van der Waals surface area contributed by atoms with Gasteiger partial charge < -0.3 is 0 Å². The molecule has 60 valence electrons. The molecule has 2 nitrogen and oxygen atoms in total. The summed E-state index contributed by atoms with van der Waals surface area (Å²) < 4.78 is 0. The minimum absolute atomic E-state index is 0.0625. The number of rotatable bonds is 2. The van der Waals surface area contributed by atoms with Crippen LogP contribution in [-0.4, -0.2) is 11.6 Å². The maximum absolute atomic E-state index is 11.2. The summed E-state index contributed by atoms with van der Waals surface area (Å²) in [7, 11) is 0. The van der Waals surface area contributed by atoms with E-state index >= 15 is 0 Å². The van der Waals surface area contributed by atoms with Gasteiger partial charge in [-0.2, -0.15) is 0 Å². The standard InChI is InChI=1S/C9H12O2/c1-6(2)9(11)7-4-3-5-8(7)10/h7H,1,3-5H2,2H3. The Morgan fingerprint density at radius 2 is 2.27 bits per heavy atom. The zero-order valence-electron chi connectivity index (χ0n) is 6.72. The van der Waals surface area contributed by atoms with E-state index in [0.29, 0.717) is 12.0 Å². The van der Waals surface area contributed by atoms with Gasteiger partial charge in [0.05, 0.1) is 5.92 Å². The summed E-state index contributed by atoms with van der Waals surface area (Å²) in [5.41, 5.74) is 0.505. The fourth-order valence-electron chi connectivity index (χ4n) is 1.39. The van der Waals surface area contributed by atoms with Crippen molar-refractivity contribution in [1.82, 2.24) is 0 Å². The first-order valence-electron chi connectivity index (χ1n) is 3.85. The van der Waals surface area contributed by atoms with Crippen molar-refractivity contribution in [2.45, 2.75) is 26.2 Å². The van der Waals surface area contributed by atoms with Crippen molar-refractivity contribution in [3.8, 4) is 0 Å². The van der Waals surface area contributed by atoms with Crippen molar-refractivity contribution in [3.63, 3.8) is 0 Å². The number of allylic oxidation sites excluding steroid dienone is 1. The predicted molar refractivity (Wildman–Crippen MR) is 42.2 cm³/mol. The molecule has 0 N–H and O–H groups in total. The lowest BCUT2D eigenvalue weighted by molar-refractivity contribution is -0.128. The molecule has 1 rings (SSSR count). The van der Waals surface area contributed by atoms with E-state index in [4.69, 9.17) is 0 Å². The third-order valence-electron chi connectivity index (χ3n) is 2.04. The zero-order chi connectivity index (χ0) is 8.43. The highest BCUT2D eigenvalue weighted by atomic mass is 16.2. The molecule has 0 aromatic rings. The first kappa shape index (κ1) is 8.18. The van der Waals surface area contributed by atoms with Crippen molar-refractivity contribution in [3.05, 3.63) is 12.2 Å². The van der Waals surface area contributed by atoms with Crippen LogP contribution >= 0.6 is 0 Å². The Kier molecular flexibility index (Phi) is 2.22. The number of hydrogen-bond donors (Lipinski definition) is 0. The molecule has 1 fully saturated rings. The maximum Gasteiger partial charge on any atom is 0.168 e. The molecule has 0 bridgehead atoms. The lowest BCUT2D eigenvalue weighted by atomic mass is 9.97. The van der Waals surface area contributed by atoms with Gasteiger partial charge >= 0.3 is 0 Å². The summed E-state index contributed by atoms with van der Waals surface area (Å²) in [5.74, 6) is -0.321. The number of carbonyl (C=O) groups excluding carboxylic acids is 2. The normalized spacial score (nSPS) is 23.7. The van der Waals surface area contributed by atoms with Crippen molar-refractivity contribution in [1.29, 1.82) is 0 Å². The molecule has 0 amide bonds. The minimum atomic E-state index is -0.354. The number of Topliss-reactive ketones (excluding diaryl/α,β-unsaturated/α-hetero) is 2. The third kappa shape index (κ3) is 1.56. The molecule has 0 aromatic heterocycles. The van der Waals surface area contributed by atoms with Crippen LogP contribution in [0.15, 0.2) is 12.2 Å². The first-order chi connectivity index (χ1) is 5.13. The van der Waals surface area contributed by atoms with E-state index in [2.05, 4.69) is 6.58 Å². The Bertz CT molecular complexity index is 216. The smallest absolute Gasteiger partial charge is 0.168 e. The minimum Gasteiger partial charge on any atom is -0.299 e. The van der Waals surface area contributed by atoms with E-state index in [0.717, 1.165) is 12.8 Å². The van der Waals surface area contributed by atoms with Crippen LogP contribution in [-0.2, 0) is 9.59 Å². The molecule has 0 aliphatic heterocycles. The second kappa shape index (κ2) is 2.99. The van der Waals surface area contributed by atoms with Crippen molar-refractivity contribution < 1.29 is 9.59 Å². The fourth-order valence-corrected chi connectivity index (χ4v) is 1.39. The molecule has 1 aliphatic carbocycles. The molecule has 1 aliphatic rings. The van der Waals surface area contributed by atoms with Crippen LogP contribution in [0.2, 0.25) is 0 Å². The maximum atomic E-state index is 11.2. The van der Waals surface area contributed by atoms with Crippen molar-refractivity contribution in [2.24, 2.45) is 5.92 Å². The average molecular weight is 152 g/mol. The van der Waals surface area contributed by atoms with Crippen molar-refractivity contribution >= 4 is 11.6 Å². The predicted octanol–water partition coefficient (Wildman–Crippen LogP) is 1.50. The largest absolute Gasteiger partial charge is 0.299 e. The molecule has 11 heavy (non-hydrogen) atoms. The van der Waals surface area contributed by atoms with Crippen molar-refractivity contribution in [2.75, 3.05) is 0 Å². The van der Waals surface area contributed by atoms with Gasteiger partial charge in [0.25, 0.3) is 0 Å². The van der Waals surface area contributed by atoms with Gasteiger partial charge in [-0.3, -0.25) is 9.59 Å². The van der Waals surface area contributed by atoms with E-state index in [1.165, 1.54) is 0 Å². The van der Waals surface area contributed by atoms with E-state index in [-0.39, 0.29) is 17.5 Å². The van der Waals surface area contributed by atoms with Gasteiger partial charge in [-0.1, -0.05) is 6.58 Å². The Morgan fingerprint density at radius 1 is 1.64 bits per heavy atom. The van der Waals surface area contributed by atoms with Crippen LogP contribution < -0.4 is 0 Å². The number of carbonyl (C=O) groups is 2. The lowest BCUT2D eigenvalue weighted by Gasteiger charge is -2.04. The number of ketones is 2. The summed E-state index contributed by atoms with van der Waals surface area (Å²) in [6.07, 6.45) is 2.16. The molecule has 0 heterocycles. The van der Waals surface area contributed by atoms with Crippen LogP contribution in [0, 0.1) is 5.92 Å². The highest BCUT2D eigenvalue weighted by Gasteiger charge is 2.30. The third-order valence-corrected chi connectivity index (χ3v) is 2.04. The average Bonchev–Trinajstić information content (AvgIpc) is 2.33. The molecule has 2 heteroatoms. The molecule has 1 unspecified atom stereocenters. The Labute approximate surface area is 66.3 Å². The van der Waals surface area contributed by atoms with Crippen LogP contribution in [0.25, 0.3) is 0 Å². The molecular weight excluding hydrogens is 140 g/mol. The molecule has 0 radical (unpaired) electrons. The monoisotopic (exact) mass is 152 g/mol. The van der Waals surface area contributed by atoms with Gasteiger partial charge in [0.1, 0.15) is 5.78 Å². The van der Waals surface area contributed by atoms with Gasteiger partial charge in [0.2, 0.25) is 0 Å². The molecule has 0 spiro atoms. The first-order valence-corrected chi connectivity index (χ1v) is 3.85. The van der Waals surface area contributed by atoms with Crippen LogP contribution in [0.3, 0.4) is 0 Å². The molecular formula is C9H12O2. The van der Waals surface area contributed by atoms with Gasteiger partial charge in [0.15, 0.2) is 5.78 Å². The second-order valence-corrected chi connectivity index (χ2v) is 3.06. The Morgan fingerprint density at radius 3 is 2.64 bits per heavy atom. The summed E-state index contributed by atoms with van der Waals surface area (Å²) in [5, 5.41) is 0. The fraction of sp³-hybridized carbons (Fsp3) is 0.556. The quantitative estimate of drug-likeness (QED) is 0.444. The summed E-state index contributed by atoms with van der Waals surface area (Å²) in [6, 6.07) is 0. The van der Waals surface area contributed by atoms with Gasteiger partial charge in [-0.05, 0) is 25.3 Å². The Balaban J connectivity index is 2.67. The molecule has 0 aromatic carbocycles. The van der Waals surface area contributed by atoms with E-state index in [9.17, 15) is 9.59 Å². The van der Waals surface area contributed by atoms with Crippen LogP contribution in [0.4, 0.5) is 0 Å². The van der Waals surface area contributed by atoms with Gasteiger partial charge in [-0.25, -0.2) is 0 Å².